The summed E-state index contributed by atoms with van der Waals surface area (Å²) in [5, 5.41) is 6.95. The highest BCUT2D eigenvalue weighted by Gasteiger charge is 2.36. The molecule has 2 N–H and O–H groups in total. The van der Waals surface area contributed by atoms with Crippen LogP contribution in [0, 0.1) is 5.41 Å². The van der Waals surface area contributed by atoms with Gasteiger partial charge in [-0.15, -0.1) is 0 Å². The summed E-state index contributed by atoms with van der Waals surface area (Å²) in [5.41, 5.74) is 11.3. The summed E-state index contributed by atoms with van der Waals surface area (Å²) in [6.45, 7) is 13.6. The molecule has 1 saturated heterocycles. The third-order valence-corrected chi connectivity index (χ3v) is 8.75. The lowest BCUT2D eigenvalue weighted by Gasteiger charge is -2.44. The Balaban J connectivity index is 1.35. The van der Waals surface area contributed by atoms with E-state index in [0.29, 0.717) is 5.41 Å². The highest BCUT2D eigenvalue weighted by Crippen LogP contribution is 2.44. The first-order valence-corrected chi connectivity index (χ1v) is 13.7. The number of fused-ring (bicyclic) bond motifs is 1. The van der Waals surface area contributed by atoms with Crippen LogP contribution in [0.15, 0.2) is 79.9 Å². The largest absolute Gasteiger partial charge is 0.388 e. The summed E-state index contributed by atoms with van der Waals surface area (Å²) < 4.78 is 0. The van der Waals surface area contributed by atoms with E-state index in [4.69, 9.17) is 0 Å². The molecule has 0 bridgehead atoms. The average molecular weight is 492 g/mol. The van der Waals surface area contributed by atoms with Crippen LogP contribution < -0.4 is 10.6 Å². The van der Waals surface area contributed by atoms with E-state index < -0.39 is 0 Å². The highest BCUT2D eigenvalue weighted by molar-refractivity contribution is 5.87. The number of nitrogens with zero attached hydrogens (tertiary/aromatic N) is 1. The Morgan fingerprint density at radius 3 is 2.35 bits per heavy atom. The first-order chi connectivity index (χ1) is 17.9. The van der Waals surface area contributed by atoms with E-state index in [0.717, 1.165) is 28.1 Å². The summed E-state index contributed by atoms with van der Waals surface area (Å²) in [7, 11) is 4.23. The molecule has 1 aliphatic heterocycles. The van der Waals surface area contributed by atoms with Crippen LogP contribution in [-0.4, -0.2) is 32.1 Å². The molecule has 3 aromatic rings. The Kier molecular flexibility index (Phi) is 7.26. The predicted molar refractivity (Wildman–Crippen MR) is 159 cm³/mol. The lowest BCUT2D eigenvalue weighted by molar-refractivity contribution is 0.106. The van der Waals surface area contributed by atoms with Crippen molar-refractivity contribution in [3.63, 3.8) is 0 Å². The first-order valence-electron chi connectivity index (χ1n) is 13.7. The predicted octanol–water partition coefficient (Wildman–Crippen LogP) is 7.31. The maximum absolute atomic E-state index is 4.56. The number of hydrogen-bond acceptors (Lipinski definition) is 3. The van der Waals surface area contributed by atoms with Crippen molar-refractivity contribution < 1.29 is 0 Å². The summed E-state index contributed by atoms with van der Waals surface area (Å²) in [6, 6.07) is 24.2. The van der Waals surface area contributed by atoms with Gasteiger partial charge in [-0.2, -0.15) is 0 Å². The monoisotopic (exact) mass is 491 g/mol. The molecule has 1 spiro atoms. The molecule has 5 rings (SSSR count). The smallest absolute Gasteiger partial charge is 0.0485 e. The Hall–Kier alpha value is -3.30. The zero-order valence-electron chi connectivity index (χ0n) is 22.7. The number of anilines is 1. The minimum Gasteiger partial charge on any atom is -0.388 e. The number of aryl methyl sites for hydroxylation is 1. The van der Waals surface area contributed by atoms with E-state index in [-0.39, 0.29) is 6.04 Å². The van der Waals surface area contributed by atoms with Crippen LogP contribution in [-0.2, 0) is 12.8 Å². The van der Waals surface area contributed by atoms with Gasteiger partial charge < -0.3 is 15.5 Å². The fourth-order valence-electron chi connectivity index (χ4n) is 6.16. The van der Waals surface area contributed by atoms with Crippen LogP contribution in [0.5, 0.6) is 0 Å². The third kappa shape index (κ3) is 5.38. The van der Waals surface area contributed by atoms with Crippen LogP contribution in [0.2, 0.25) is 0 Å². The molecule has 2 aliphatic rings. The fourth-order valence-corrected chi connectivity index (χ4v) is 6.16. The third-order valence-electron chi connectivity index (χ3n) is 8.75. The van der Waals surface area contributed by atoms with E-state index in [1.54, 1.807) is 5.56 Å². The molecule has 1 heterocycles. The van der Waals surface area contributed by atoms with Gasteiger partial charge in [0.05, 0.1) is 0 Å². The molecule has 1 atom stereocenters. The molecule has 0 saturated carbocycles. The molecule has 0 radical (unpaired) electrons. The summed E-state index contributed by atoms with van der Waals surface area (Å²) >= 11 is 0. The molecule has 3 heteroatoms. The highest BCUT2D eigenvalue weighted by atomic mass is 15.1. The van der Waals surface area contributed by atoms with Gasteiger partial charge in [0, 0.05) is 30.0 Å². The van der Waals surface area contributed by atoms with Crippen molar-refractivity contribution in [3.05, 3.63) is 113 Å². The summed E-state index contributed by atoms with van der Waals surface area (Å²) in [4.78, 5) is 2.48. The van der Waals surface area contributed by atoms with Gasteiger partial charge in [-0.1, -0.05) is 67.8 Å². The number of likely N-dealkylation sites (tertiary alicyclic amines) is 1. The SMILES string of the molecule is C=C(NC(C)c1ccccc1)c1ccc(NC)c(C(=C)c2ccc3c(c2)CCC2(CCN(C)CC2)C3)c1. The minimum atomic E-state index is 0.179. The van der Waals surface area contributed by atoms with E-state index in [2.05, 4.69) is 103 Å². The lowest BCUT2D eigenvalue weighted by atomic mass is 9.66. The topological polar surface area (TPSA) is 27.3 Å². The molecule has 0 amide bonds. The van der Waals surface area contributed by atoms with Crippen molar-refractivity contribution in [1.82, 2.24) is 10.2 Å². The zero-order valence-corrected chi connectivity index (χ0v) is 22.7. The molecule has 3 nitrogen and oxygen atoms in total. The average Bonchev–Trinajstić information content (AvgIpc) is 2.94. The van der Waals surface area contributed by atoms with Gasteiger partial charge >= 0.3 is 0 Å². The van der Waals surface area contributed by atoms with Crippen molar-refractivity contribution in [2.75, 3.05) is 32.5 Å². The summed E-state index contributed by atoms with van der Waals surface area (Å²) in [5.74, 6) is 0. The van der Waals surface area contributed by atoms with Crippen LogP contribution in [0.1, 0.15) is 65.6 Å². The van der Waals surface area contributed by atoms with E-state index >= 15 is 0 Å². The molecule has 1 aliphatic carbocycles. The van der Waals surface area contributed by atoms with Crippen LogP contribution in [0.25, 0.3) is 11.3 Å². The normalized spacial score (nSPS) is 17.6. The van der Waals surface area contributed by atoms with Gasteiger partial charge in [0.2, 0.25) is 0 Å². The molecule has 37 heavy (non-hydrogen) atoms. The van der Waals surface area contributed by atoms with Crippen molar-refractivity contribution >= 4 is 17.0 Å². The van der Waals surface area contributed by atoms with Crippen molar-refractivity contribution in [3.8, 4) is 0 Å². The van der Waals surface area contributed by atoms with Gasteiger partial charge in [-0.05, 0) is 110 Å². The molecule has 3 aromatic carbocycles. The second-order valence-electron chi connectivity index (χ2n) is 11.2. The second-order valence-corrected chi connectivity index (χ2v) is 11.2. The Morgan fingerprint density at radius 2 is 1.62 bits per heavy atom. The molecule has 1 unspecified atom stereocenters. The standard InChI is InChI=1S/C34H41N3/c1-24(28-11-12-31-23-34(16-15-30(31)21-28)17-19-37(5)20-18-34)32-22-29(13-14-33(32)35-4)26(3)36-25(2)27-9-7-6-8-10-27/h6-14,21-22,25,35-36H,1,3,15-20,23H2,2,4-5H3. The maximum Gasteiger partial charge on any atom is 0.0485 e. The quantitative estimate of drug-likeness (QED) is 0.363. The van der Waals surface area contributed by atoms with E-state index in [1.165, 1.54) is 61.9 Å². The van der Waals surface area contributed by atoms with Gasteiger partial charge in [0.1, 0.15) is 0 Å². The molecule has 192 valence electrons. The van der Waals surface area contributed by atoms with Crippen LogP contribution >= 0.6 is 0 Å². The fraction of sp³-hybridized carbons (Fsp3) is 0.353. The van der Waals surface area contributed by atoms with Crippen molar-refractivity contribution in [2.24, 2.45) is 5.41 Å². The molecule has 1 fully saturated rings. The number of piperidine rings is 1. The number of nitrogens with one attached hydrogen (secondary N) is 2. The Labute approximate surface area is 223 Å². The number of rotatable bonds is 7. The van der Waals surface area contributed by atoms with Crippen molar-refractivity contribution in [2.45, 2.75) is 45.1 Å². The lowest BCUT2D eigenvalue weighted by Crippen LogP contribution is -2.41. The van der Waals surface area contributed by atoms with Crippen LogP contribution in [0.3, 0.4) is 0 Å². The zero-order chi connectivity index (χ0) is 26.0. The van der Waals surface area contributed by atoms with Gasteiger partial charge in [-0.3, -0.25) is 0 Å². The van der Waals surface area contributed by atoms with Gasteiger partial charge in [0.15, 0.2) is 0 Å². The van der Waals surface area contributed by atoms with Gasteiger partial charge in [-0.25, -0.2) is 0 Å². The Morgan fingerprint density at radius 1 is 0.892 bits per heavy atom. The molecule has 0 aromatic heterocycles. The van der Waals surface area contributed by atoms with E-state index in [1.807, 2.05) is 13.1 Å². The maximum atomic E-state index is 4.56. The summed E-state index contributed by atoms with van der Waals surface area (Å²) in [6.07, 6.45) is 6.38. The van der Waals surface area contributed by atoms with E-state index in [9.17, 15) is 0 Å². The van der Waals surface area contributed by atoms with Crippen LogP contribution in [0.4, 0.5) is 5.69 Å². The molecular weight excluding hydrogens is 450 g/mol. The minimum absolute atomic E-state index is 0.179. The molecular formula is C34H41N3. The van der Waals surface area contributed by atoms with Crippen molar-refractivity contribution in [1.29, 1.82) is 0 Å². The second kappa shape index (κ2) is 10.6. The number of benzene rings is 3. The Bertz CT molecular complexity index is 1280. The number of hydrogen-bond donors (Lipinski definition) is 2. The first kappa shape index (κ1) is 25.4. The van der Waals surface area contributed by atoms with Gasteiger partial charge in [0.25, 0.3) is 0 Å².